The minimum atomic E-state index is 0.0304. The normalized spacial score (nSPS) is 10.6. The van der Waals surface area contributed by atoms with Crippen LogP contribution < -0.4 is 10.6 Å². The van der Waals surface area contributed by atoms with E-state index in [4.69, 9.17) is 0 Å². The highest BCUT2D eigenvalue weighted by atomic mass is 16.3. The van der Waals surface area contributed by atoms with Crippen molar-refractivity contribution >= 4 is 11.4 Å². The Morgan fingerprint density at radius 3 is 2.26 bits per heavy atom. The van der Waals surface area contributed by atoms with Gasteiger partial charge in [-0.25, -0.2) is 0 Å². The van der Waals surface area contributed by atoms with Crippen LogP contribution in [0.3, 0.4) is 0 Å². The van der Waals surface area contributed by atoms with Gasteiger partial charge in [0.15, 0.2) is 0 Å². The molecule has 3 aromatic rings. The summed E-state index contributed by atoms with van der Waals surface area (Å²) in [6, 6.07) is 19.6. The van der Waals surface area contributed by atoms with Crippen molar-refractivity contribution in [2.24, 2.45) is 0 Å². The van der Waals surface area contributed by atoms with Crippen LogP contribution in [0.15, 0.2) is 60.7 Å². The lowest BCUT2D eigenvalue weighted by atomic mass is 9.96. The summed E-state index contributed by atoms with van der Waals surface area (Å²) >= 11 is 0. The van der Waals surface area contributed by atoms with Gasteiger partial charge >= 0.3 is 0 Å². The molecule has 0 aliphatic rings. The molecule has 0 saturated heterocycles. The Morgan fingerprint density at radius 1 is 0.815 bits per heavy atom. The minimum absolute atomic E-state index is 0.0304. The maximum absolute atomic E-state index is 9.51. The van der Waals surface area contributed by atoms with E-state index in [1.165, 1.54) is 5.56 Å². The molecule has 0 heterocycles. The number of phenolic OH excluding ortho intramolecular Hbond substituents is 1. The zero-order valence-electron chi connectivity index (χ0n) is 15.8. The number of aryl methyl sites for hydroxylation is 1. The molecule has 0 atom stereocenters. The molecule has 27 heavy (non-hydrogen) atoms. The van der Waals surface area contributed by atoms with E-state index in [1.807, 2.05) is 24.3 Å². The molecule has 3 aromatic carbocycles. The van der Waals surface area contributed by atoms with Crippen molar-refractivity contribution in [1.29, 1.82) is 0 Å². The summed E-state index contributed by atoms with van der Waals surface area (Å²) in [4.78, 5) is 0. The van der Waals surface area contributed by atoms with E-state index >= 15 is 0 Å². The van der Waals surface area contributed by atoms with E-state index in [0.29, 0.717) is 6.54 Å². The van der Waals surface area contributed by atoms with Crippen molar-refractivity contribution in [3.05, 3.63) is 77.4 Å². The van der Waals surface area contributed by atoms with Crippen LogP contribution >= 0.6 is 0 Å². The number of benzene rings is 3. The lowest BCUT2D eigenvalue weighted by molar-refractivity contribution is 0.282. The molecular formula is C23H26N2O2. The van der Waals surface area contributed by atoms with Gasteiger partial charge in [-0.15, -0.1) is 0 Å². The largest absolute Gasteiger partial charge is 0.508 e. The molecule has 4 heteroatoms. The lowest BCUT2D eigenvalue weighted by Gasteiger charge is -2.17. The average molecular weight is 362 g/mol. The fourth-order valence-electron chi connectivity index (χ4n) is 3.10. The van der Waals surface area contributed by atoms with Gasteiger partial charge in [0.2, 0.25) is 0 Å². The third-order valence-corrected chi connectivity index (χ3v) is 4.59. The Hall–Kier alpha value is -2.98. The number of aliphatic hydroxyl groups excluding tert-OH is 1. The first-order chi connectivity index (χ1) is 13.1. The first-order valence-electron chi connectivity index (χ1n) is 9.21. The molecule has 0 amide bonds. The van der Waals surface area contributed by atoms with Crippen molar-refractivity contribution in [2.75, 3.05) is 17.2 Å². The van der Waals surface area contributed by atoms with Gasteiger partial charge in [-0.2, -0.15) is 0 Å². The van der Waals surface area contributed by atoms with E-state index in [0.717, 1.165) is 40.2 Å². The Kier molecular flexibility index (Phi) is 5.99. The average Bonchev–Trinajstić information content (AvgIpc) is 2.69. The van der Waals surface area contributed by atoms with Crippen LogP contribution in [-0.4, -0.2) is 16.8 Å². The number of hydrogen-bond acceptors (Lipinski definition) is 4. The number of aromatic hydroxyl groups is 1. The zero-order chi connectivity index (χ0) is 19.2. The van der Waals surface area contributed by atoms with Crippen LogP contribution in [0.25, 0.3) is 11.1 Å². The molecule has 0 fully saturated rings. The van der Waals surface area contributed by atoms with Crippen LogP contribution in [-0.2, 0) is 13.2 Å². The molecule has 0 saturated carbocycles. The lowest BCUT2D eigenvalue weighted by Crippen LogP contribution is -2.03. The standard InChI is InChI=1S/C23H26N2O2/c1-3-24-23-11-8-19(25-14-17-6-9-20(27)10-7-17)13-22(23)21-12-18(15-26)5-4-16(21)2/h4-13,24-27H,3,14-15H2,1-2H3. The maximum Gasteiger partial charge on any atom is 0.115 e. The molecule has 0 radical (unpaired) electrons. The third-order valence-electron chi connectivity index (χ3n) is 4.59. The van der Waals surface area contributed by atoms with Crippen molar-refractivity contribution < 1.29 is 10.2 Å². The van der Waals surface area contributed by atoms with Crippen LogP contribution in [0.1, 0.15) is 23.6 Å². The monoisotopic (exact) mass is 362 g/mol. The van der Waals surface area contributed by atoms with Crippen molar-refractivity contribution in [3.63, 3.8) is 0 Å². The topological polar surface area (TPSA) is 64.5 Å². The van der Waals surface area contributed by atoms with Gasteiger partial charge < -0.3 is 20.8 Å². The van der Waals surface area contributed by atoms with E-state index < -0.39 is 0 Å². The summed E-state index contributed by atoms with van der Waals surface area (Å²) in [5, 5.41) is 25.8. The molecule has 3 rings (SSSR count). The van der Waals surface area contributed by atoms with Crippen LogP contribution in [0, 0.1) is 6.92 Å². The van der Waals surface area contributed by atoms with E-state index in [9.17, 15) is 10.2 Å². The summed E-state index contributed by atoms with van der Waals surface area (Å²) < 4.78 is 0. The quantitative estimate of drug-likeness (QED) is 0.482. The Bertz CT molecular complexity index is 905. The van der Waals surface area contributed by atoms with E-state index in [-0.39, 0.29) is 12.4 Å². The minimum Gasteiger partial charge on any atom is -0.508 e. The zero-order valence-corrected chi connectivity index (χ0v) is 15.8. The summed E-state index contributed by atoms with van der Waals surface area (Å²) in [6.45, 7) is 5.71. The van der Waals surface area contributed by atoms with Crippen molar-refractivity contribution in [3.8, 4) is 16.9 Å². The maximum atomic E-state index is 9.51. The smallest absolute Gasteiger partial charge is 0.115 e. The second-order valence-corrected chi connectivity index (χ2v) is 6.62. The van der Waals surface area contributed by atoms with Crippen LogP contribution in [0.5, 0.6) is 5.75 Å². The first kappa shape index (κ1) is 18.8. The molecule has 0 aliphatic carbocycles. The van der Waals surface area contributed by atoms with Gasteiger partial charge in [-0.3, -0.25) is 0 Å². The molecule has 140 valence electrons. The van der Waals surface area contributed by atoms with Gasteiger partial charge in [0.05, 0.1) is 6.61 Å². The number of phenols is 1. The van der Waals surface area contributed by atoms with Gasteiger partial charge in [0.25, 0.3) is 0 Å². The Labute approximate surface area is 160 Å². The molecule has 0 bridgehead atoms. The summed E-state index contributed by atoms with van der Waals surface area (Å²) in [5.41, 5.74) is 7.50. The van der Waals surface area contributed by atoms with Crippen LogP contribution in [0.2, 0.25) is 0 Å². The summed E-state index contributed by atoms with van der Waals surface area (Å²) in [7, 11) is 0. The first-order valence-corrected chi connectivity index (χ1v) is 9.21. The molecule has 4 nitrogen and oxygen atoms in total. The van der Waals surface area contributed by atoms with Gasteiger partial charge in [-0.1, -0.05) is 24.3 Å². The van der Waals surface area contributed by atoms with Crippen LogP contribution in [0.4, 0.5) is 11.4 Å². The molecular weight excluding hydrogens is 336 g/mol. The van der Waals surface area contributed by atoms with Gasteiger partial charge in [0, 0.05) is 30.0 Å². The highest BCUT2D eigenvalue weighted by Crippen LogP contribution is 2.34. The highest BCUT2D eigenvalue weighted by Gasteiger charge is 2.10. The number of aliphatic hydroxyl groups is 1. The second-order valence-electron chi connectivity index (χ2n) is 6.62. The second kappa shape index (κ2) is 8.60. The van der Waals surface area contributed by atoms with E-state index in [2.05, 4.69) is 48.7 Å². The third kappa shape index (κ3) is 4.60. The summed E-state index contributed by atoms with van der Waals surface area (Å²) in [6.07, 6.45) is 0. The predicted octanol–water partition coefficient (Wildman–Crippen LogP) is 4.90. The number of rotatable bonds is 7. The molecule has 0 unspecified atom stereocenters. The summed E-state index contributed by atoms with van der Waals surface area (Å²) in [5.74, 6) is 0.273. The number of nitrogens with one attached hydrogen (secondary N) is 2. The fraction of sp³-hybridized carbons (Fsp3) is 0.217. The van der Waals surface area contributed by atoms with E-state index in [1.54, 1.807) is 12.1 Å². The SMILES string of the molecule is CCNc1ccc(NCc2ccc(O)cc2)cc1-c1cc(CO)ccc1C. The molecule has 0 aliphatic heterocycles. The highest BCUT2D eigenvalue weighted by molar-refractivity contribution is 5.83. The molecule has 4 N–H and O–H groups in total. The molecule has 0 aromatic heterocycles. The Morgan fingerprint density at radius 2 is 1.56 bits per heavy atom. The number of hydrogen-bond donors (Lipinski definition) is 4. The van der Waals surface area contributed by atoms with Gasteiger partial charge in [-0.05, 0) is 72.5 Å². The van der Waals surface area contributed by atoms with Crippen molar-refractivity contribution in [1.82, 2.24) is 0 Å². The van der Waals surface area contributed by atoms with Crippen molar-refractivity contribution in [2.45, 2.75) is 27.0 Å². The fourth-order valence-corrected chi connectivity index (χ4v) is 3.10. The number of anilines is 2. The Balaban J connectivity index is 1.92. The predicted molar refractivity (Wildman–Crippen MR) is 112 cm³/mol. The molecule has 0 spiro atoms. The van der Waals surface area contributed by atoms with Gasteiger partial charge in [0.1, 0.15) is 5.75 Å².